The Morgan fingerprint density at radius 2 is 1.96 bits per heavy atom. The second-order valence-corrected chi connectivity index (χ2v) is 6.47. The summed E-state index contributed by atoms with van der Waals surface area (Å²) in [5.74, 6) is -3.17. The molecule has 0 fully saturated rings. The van der Waals surface area contributed by atoms with Crippen LogP contribution in [-0.4, -0.2) is 23.3 Å². The summed E-state index contributed by atoms with van der Waals surface area (Å²) in [6.45, 7) is 1.77. The Labute approximate surface area is 160 Å². The van der Waals surface area contributed by atoms with E-state index in [2.05, 4.69) is 0 Å². The van der Waals surface area contributed by atoms with Crippen LogP contribution >= 0.6 is 0 Å². The number of allylic oxidation sites excluding steroid dienone is 2. The zero-order chi connectivity index (χ0) is 20.3. The number of ketones is 1. The van der Waals surface area contributed by atoms with Crippen LogP contribution < -0.4 is 0 Å². The van der Waals surface area contributed by atoms with E-state index in [-0.39, 0.29) is 12.3 Å². The van der Waals surface area contributed by atoms with Crippen molar-refractivity contribution in [2.75, 3.05) is 6.61 Å². The Kier molecular flexibility index (Phi) is 5.63. The molecule has 0 unspecified atom stereocenters. The number of benzene rings is 2. The molecule has 6 nitrogen and oxygen atoms in total. The minimum Gasteiger partial charge on any atom is -0.465 e. The normalized spacial score (nSPS) is 19.1. The second kappa shape index (κ2) is 8.12. The van der Waals surface area contributed by atoms with Crippen LogP contribution in [0, 0.1) is 21.8 Å². The van der Waals surface area contributed by atoms with Crippen molar-refractivity contribution in [1.82, 2.24) is 0 Å². The lowest BCUT2D eigenvalue weighted by atomic mass is 9.73. The fourth-order valence-corrected chi connectivity index (χ4v) is 3.43. The predicted molar refractivity (Wildman–Crippen MR) is 100.0 cm³/mol. The monoisotopic (exact) mass is 383 g/mol. The maximum absolute atomic E-state index is 13.2. The third kappa shape index (κ3) is 3.98. The van der Waals surface area contributed by atoms with Crippen LogP contribution in [0.4, 0.5) is 10.1 Å². The summed E-state index contributed by atoms with van der Waals surface area (Å²) in [6, 6.07) is 11.6. The van der Waals surface area contributed by atoms with Gasteiger partial charge in [-0.25, -0.2) is 4.39 Å². The fraction of sp³-hybridized carbons (Fsp3) is 0.238. The van der Waals surface area contributed by atoms with Crippen molar-refractivity contribution >= 4 is 23.0 Å². The molecule has 0 saturated heterocycles. The number of carbonyl (C=O) groups excluding carboxylic acids is 2. The van der Waals surface area contributed by atoms with Crippen LogP contribution in [-0.2, 0) is 14.3 Å². The Morgan fingerprint density at radius 1 is 1.25 bits per heavy atom. The first-order chi connectivity index (χ1) is 13.4. The summed E-state index contributed by atoms with van der Waals surface area (Å²) < 4.78 is 18.3. The molecule has 1 aliphatic carbocycles. The van der Waals surface area contributed by atoms with E-state index in [1.807, 2.05) is 0 Å². The number of carbonyl (C=O) groups is 2. The number of nitrogens with zero attached hydrogens (tertiary/aromatic N) is 1. The van der Waals surface area contributed by atoms with Gasteiger partial charge in [-0.2, -0.15) is 0 Å². The number of hydrogen-bond acceptors (Lipinski definition) is 5. The number of rotatable bonds is 5. The van der Waals surface area contributed by atoms with E-state index < -0.39 is 34.3 Å². The summed E-state index contributed by atoms with van der Waals surface area (Å²) in [7, 11) is 0. The summed E-state index contributed by atoms with van der Waals surface area (Å²) in [5.41, 5.74) is 1.69. The highest BCUT2D eigenvalue weighted by molar-refractivity contribution is 6.10. The number of halogens is 1. The lowest BCUT2D eigenvalue weighted by Crippen LogP contribution is -2.34. The van der Waals surface area contributed by atoms with E-state index in [0.29, 0.717) is 23.1 Å². The number of nitro groups is 1. The zero-order valence-corrected chi connectivity index (χ0v) is 15.1. The molecule has 2 aromatic rings. The average Bonchev–Trinajstić information content (AvgIpc) is 2.68. The van der Waals surface area contributed by atoms with Crippen molar-refractivity contribution in [3.05, 3.63) is 81.7 Å². The Morgan fingerprint density at radius 3 is 2.61 bits per heavy atom. The number of non-ortho nitro benzene ring substituents is 1. The molecule has 28 heavy (non-hydrogen) atoms. The second-order valence-electron chi connectivity index (χ2n) is 6.47. The quantitative estimate of drug-likeness (QED) is 0.336. The first-order valence-corrected chi connectivity index (χ1v) is 8.82. The van der Waals surface area contributed by atoms with E-state index >= 15 is 0 Å². The van der Waals surface area contributed by atoms with Crippen LogP contribution in [0.3, 0.4) is 0 Å². The van der Waals surface area contributed by atoms with Gasteiger partial charge in [-0.15, -0.1) is 0 Å². The molecule has 0 heterocycles. The highest BCUT2D eigenvalue weighted by Gasteiger charge is 2.40. The molecule has 0 aromatic heterocycles. The topological polar surface area (TPSA) is 86.5 Å². The number of ether oxygens (including phenoxy) is 1. The van der Waals surface area contributed by atoms with E-state index in [0.717, 1.165) is 0 Å². The lowest BCUT2D eigenvalue weighted by Gasteiger charge is -2.29. The van der Waals surface area contributed by atoms with Gasteiger partial charge in [0, 0.05) is 18.1 Å². The predicted octanol–water partition coefficient (Wildman–Crippen LogP) is 4.05. The molecule has 0 N–H and O–H groups in total. The zero-order valence-electron chi connectivity index (χ0n) is 15.1. The summed E-state index contributed by atoms with van der Waals surface area (Å²) in [5, 5.41) is 11.1. The van der Waals surface area contributed by atoms with Crippen molar-refractivity contribution in [1.29, 1.82) is 0 Å². The minimum atomic E-state index is -1.08. The maximum Gasteiger partial charge on any atom is 0.317 e. The standard InChI is InChI=1S/C21H18FNO5/c1-2-28-21(25)20-18(14-4-3-5-17(10-14)23(26)27)11-15(12-19(20)24)13-6-8-16(22)9-7-13/h3-10,12,18,20H,2,11H2,1H3/t18-,20+/m0/s1. The van der Waals surface area contributed by atoms with Gasteiger partial charge in [0.25, 0.3) is 5.69 Å². The van der Waals surface area contributed by atoms with Gasteiger partial charge in [0.2, 0.25) is 0 Å². The van der Waals surface area contributed by atoms with Gasteiger partial charge in [-0.1, -0.05) is 24.3 Å². The summed E-state index contributed by atoms with van der Waals surface area (Å²) >= 11 is 0. The van der Waals surface area contributed by atoms with Crippen LogP contribution in [0.2, 0.25) is 0 Å². The SMILES string of the molecule is CCOC(=O)[C@H]1C(=O)C=C(c2ccc(F)cc2)C[C@H]1c1cccc([N+](=O)[O-])c1. The maximum atomic E-state index is 13.2. The first-order valence-electron chi connectivity index (χ1n) is 8.82. The molecule has 0 radical (unpaired) electrons. The average molecular weight is 383 g/mol. The van der Waals surface area contributed by atoms with Gasteiger partial charge >= 0.3 is 5.97 Å². The van der Waals surface area contributed by atoms with Gasteiger partial charge in [0.15, 0.2) is 5.78 Å². The third-order valence-corrected chi connectivity index (χ3v) is 4.73. The van der Waals surface area contributed by atoms with Crippen molar-refractivity contribution in [2.45, 2.75) is 19.3 Å². The van der Waals surface area contributed by atoms with Gasteiger partial charge in [0.1, 0.15) is 11.7 Å². The molecule has 0 bridgehead atoms. The van der Waals surface area contributed by atoms with E-state index in [4.69, 9.17) is 4.74 Å². The minimum absolute atomic E-state index is 0.120. The Hall–Kier alpha value is -3.35. The molecule has 1 aliphatic rings. The van der Waals surface area contributed by atoms with Crippen molar-refractivity contribution in [3.63, 3.8) is 0 Å². The molecule has 2 aromatic carbocycles. The number of hydrogen-bond donors (Lipinski definition) is 0. The highest BCUT2D eigenvalue weighted by atomic mass is 19.1. The van der Waals surface area contributed by atoms with Crippen LogP contribution in [0.25, 0.3) is 5.57 Å². The molecular formula is C21H18FNO5. The molecule has 144 valence electrons. The third-order valence-electron chi connectivity index (χ3n) is 4.73. The lowest BCUT2D eigenvalue weighted by molar-refractivity contribution is -0.384. The molecule has 0 aliphatic heterocycles. The molecule has 2 atom stereocenters. The smallest absolute Gasteiger partial charge is 0.317 e. The van der Waals surface area contributed by atoms with E-state index in [9.17, 15) is 24.1 Å². The fourth-order valence-electron chi connectivity index (χ4n) is 3.43. The molecule has 7 heteroatoms. The van der Waals surface area contributed by atoms with Crippen LogP contribution in [0.5, 0.6) is 0 Å². The molecule has 3 rings (SSSR count). The largest absolute Gasteiger partial charge is 0.465 e. The van der Waals surface area contributed by atoms with Crippen LogP contribution in [0.15, 0.2) is 54.6 Å². The molecular weight excluding hydrogens is 365 g/mol. The molecule has 0 spiro atoms. The highest BCUT2D eigenvalue weighted by Crippen LogP contribution is 2.41. The first kappa shape index (κ1) is 19.4. The van der Waals surface area contributed by atoms with Crippen molar-refractivity contribution in [3.8, 4) is 0 Å². The van der Waals surface area contributed by atoms with Crippen molar-refractivity contribution in [2.24, 2.45) is 5.92 Å². The van der Waals surface area contributed by atoms with E-state index in [1.54, 1.807) is 25.1 Å². The van der Waals surface area contributed by atoms with Gasteiger partial charge in [-0.3, -0.25) is 19.7 Å². The molecule has 0 saturated carbocycles. The Balaban J connectivity index is 2.05. The van der Waals surface area contributed by atoms with Crippen molar-refractivity contribution < 1.29 is 23.6 Å². The summed E-state index contributed by atoms with van der Waals surface area (Å²) in [4.78, 5) is 35.8. The van der Waals surface area contributed by atoms with Crippen LogP contribution in [0.1, 0.15) is 30.4 Å². The molecule has 0 amide bonds. The van der Waals surface area contributed by atoms with E-state index in [1.165, 1.54) is 36.4 Å². The summed E-state index contributed by atoms with van der Waals surface area (Å²) in [6.07, 6.45) is 1.67. The Bertz CT molecular complexity index is 952. The van der Waals surface area contributed by atoms with Gasteiger partial charge < -0.3 is 4.74 Å². The van der Waals surface area contributed by atoms with Gasteiger partial charge in [-0.05, 0) is 48.3 Å². The number of esters is 1. The van der Waals surface area contributed by atoms with Gasteiger partial charge in [0.05, 0.1) is 11.5 Å². The number of nitro benzene ring substituents is 1.